The molecule has 0 aromatic heterocycles. The number of rotatable bonds is 4. The van der Waals surface area contributed by atoms with Crippen LogP contribution in [0, 0.1) is 11.3 Å². The lowest BCUT2D eigenvalue weighted by Crippen LogP contribution is -2.60. The monoisotopic (exact) mass is 396 g/mol. The van der Waals surface area contributed by atoms with Gasteiger partial charge in [-0.05, 0) is 43.4 Å². The quantitative estimate of drug-likeness (QED) is 0.672. The van der Waals surface area contributed by atoms with E-state index in [0.29, 0.717) is 19.5 Å². The highest BCUT2D eigenvalue weighted by atomic mass is 16.3. The molecule has 7 heteroatoms. The smallest absolute Gasteiger partial charge is 0.244 e. The van der Waals surface area contributed by atoms with E-state index < -0.39 is 12.1 Å². The van der Waals surface area contributed by atoms with E-state index in [2.05, 4.69) is 22.8 Å². The minimum absolute atomic E-state index is 0.0614. The molecule has 2 fully saturated rings. The first-order valence-corrected chi connectivity index (χ1v) is 10.3. The van der Waals surface area contributed by atoms with Crippen molar-refractivity contribution in [3.8, 4) is 0 Å². The Kier molecular flexibility index (Phi) is 5.41. The maximum atomic E-state index is 12.4. The Hall–Kier alpha value is -2.67. The van der Waals surface area contributed by atoms with Gasteiger partial charge in [-0.15, -0.1) is 0 Å². The number of fused-ring (bicyclic) bond motifs is 1. The number of hydrogen-bond acceptors (Lipinski definition) is 5. The van der Waals surface area contributed by atoms with Crippen LogP contribution in [-0.4, -0.2) is 53.9 Å². The van der Waals surface area contributed by atoms with Gasteiger partial charge in [0.1, 0.15) is 6.04 Å². The molecule has 4 atom stereocenters. The third kappa shape index (κ3) is 3.55. The summed E-state index contributed by atoms with van der Waals surface area (Å²) in [6.45, 7) is 2.92. The maximum absolute atomic E-state index is 12.4. The van der Waals surface area contributed by atoms with E-state index in [1.165, 1.54) is 0 Å². The van der Waals surface area contributed by atoms with Gasteiger partial charge in [0, 0.05) is 30.6 Å². The normalized spacial score (nSPS) is 29.4. The Labute approximate surface area is 170 Å². The largest absolute Gasteiger partial charge is 0.392 e. The Balaban J connectivity index is 1.44. The zero-order chi connectivity index (χ0) is 20.4. The Bertz CT molecular complexity index is 829. The lowest BCUT2D eigenvalue weighted by atomic mass is 9.53. The molecule has 2 amide bonds. The van der Waals surface area contributed by atoms with Gasteiger partial charge in [-0.25, -0.2) is 0 Å². The van der Waals surface area contributed by atoms with E-state index in [4.69, 9.17) is 4.99 Å². The summed E-state index contributed by atoms with van der Waals surface area (Å²) in [6, 6.07) is 7.60. The van der Waals surface area contributed by atoms with Crippen LogP contribution in [0.1, 0.15) is 43.4 Å². The number of piperidine rings is 1. The molecule has 4 rings (SSSR count). The van der Waals surface area contributed by atoms with Crippen molar-refractivity contribution in [2.24, 2.45) is 16.3 Å². The van der Waals surface area contributed by atoms with Gasteiger partial charge in [-0.2, -0.15) is 0 Å². The molecule has 29 heavy (non-hydrogen) atoms. The van der Waals surface area contributed by atoms with Crippen LogP contribution in [-0.2, 0) is 9.59 Å². The van der Waals surface area contributed by atoms with Crippen LogP contribution in [0.4, 0.5) is 0 Å². The van der Waals surface area contributed by atoms with Gasteiger partial charge in [-0.3, -0.25) is 14.6 Å². The van der Waals surface area contributed by atoms with Crippen molar-refractivity contribution < 1.29 is 14.7 Å². The van der Waals surface area contributed by atoms with E-state index >= 15 is 0 Å². The number of nitrogens with one attached hydrogen (secondary N) is 2. The van der Waals surface area contributed by atoms with Crippen LogP contribution in [0.5, 0.6) is 0 Å². The van der Waals surface area contributed by atoms with Crippen LogP contribution < -0.4 is 10.6 Å². The molecule has 1 aromatic rings. The second-order valence-electron chi connectivity index (χ2n) is 8.36. The molecule has 2 heterocycles. The van der Waals surface area contributed by atoms with Gasteiger partial charge in [0.15, 0.2) is 0 Å². The van der Waals surface area contributed by atoms with E-state index in [1.54, 1.807) is 18.2 Å². The summed E-state index contributed by atoms with van der Waals surface area (Å²) in [5.41, 5.74) is 2.12. The van der Waals surface area contributed by atoms with Gasteiger partial charge in [-0.1, -0.05) is 24.3 Å². The van der Waals surface area contributed by atoms with Crippen LogP contribution in [0.15, 0.2) is 35.5 Å². The molecule has 1 saturated carbocycles. The molecular weight excluding hydrogens is 368 g/mol. The average Bonchev–Trinajstić information content (AvgIpc) is 2.73. The minimum atomic E-state index is -0.512. The maximum Gasteiger partial charge on any atom is 0.244 e. The van der Waals surface area contributed by atoms with Crippen molar-refractivity contribution in [1.29, 1.82) is 0 Å². The van der Waals surface area contributed by atoms with Gasteiger partial charge < -0.3 is 20.6 Å². The molecule has 1 saturated heterocycles. The molecule has 1 spiro atoms. The third-order valence-corrected chi connectivity index (χ3v) is 6.82. The molecule has 154 valence electrons. The minimum Gasteiger partial charge on any atom is -0.392 e. The molecule has 3 N–H and O–H groups in total. The molecule has 1 aromatic carbocycles. The van der Waals surface area contributed by atoms with Gasteiger partial charge >= 0.3 is 0 Å². The van der Waals surface area contributed by atoms with Crippen LogP contribution in [0.2, 0.25) is 0 Å². The lowest BCUT2D eigenvalue weighted by Gasteiger charge is -2.57. The summed E-state index contributed by atoms with van der Waals surface area (Å²) in [4.78, 5) is 29.5. The fraction of sp³-hybridized carbons (Fsp3) is 0.500. The number of aliphatic imine (C=N–C) groups is 1. The summed E-state index contributed by atoms with van der Waals surface area (Å²) in [6.07, 6.45) is 8.18. The predicted molar refractivity (Wildman–Crippen MR) is 111 cm³/mol. The number of hydrogen-bond donors (Lipinski definition) is 3. The Morgan fingerprint density at radius 3 is 2.86 bits per heavy atom. The molecule has 0 bridgehead atoms. The lowest BCUT2D eigenvalue weighted by molar-refractivity contribution is -0.163. The fourth-order valence-electron chi connectivity index (χ4n) is 5.06. The standard InChI is InChI=1S/C22H28N4O3/c1-15(25-14-27)21(29)26-10-7-22(8-11-26)12-18(20(22)28)19-17-5-3-2-4-16(17)6-9-23-13-24-19/h2-6,9,13-15,18-20,28H,7-8,10-12H2,1H3,(H,23,24)(H,25,27)/b9-6+. The molecule has 3 aliphatic rings. The van der Waals surface area contributed by atoms with Gasteiger partial charge in [0.25, 0.3) is 0 Å². The topological polar surface area (TPSA) is 94.0 Å². The third-order valence-electron chi connectivity index (χ3n) is 6.82. The van der Waals surface area contributed by atoms with Crippen molar-refractivity contribution in [2.75, 3.05) is 13.1 Å². The SMILES string of the molecule is CC(NC=O)C(=O)N1CCC2(CC1)CC(C1N=CN/C=C/c3ccccc31)C2O. The number of carbonyl (C=O) groups is 2. The molecule has 4 unspecified atom stereocenters. The summed E-state index contributed by atoms with van der Waals surface area (Å²) in [5.74, 6) is 0.00678. The summed E-state index contributed by atoms with van der Waals surface area (Å²) in [7, 11) is 0. The first-order chi connectivity index (χ1) is 14.1. The van der Waals surface area contributed by atoms with E-state index in [1.807, 2.05) is 24.4 Å². The Morgan fingerprint density at radius 2 is 2.14 bits per heavy atom. The number of carbonyl (C=O) groups excluding carboxylic acids is 2. The molecule has 2 aliphatic heterocycles. The number of nitrogens with zero attached hydrogens (tertiary/aromatic N) is 2. The van der Waals surface area contributed by atoms with Crippen molar-refractivity contribution in [3.05, 3.63) is 41.6 Å². The zero-order valence-electron chi connectivity index (χ0n) is 16.6. The number of aliphatic hydroxyl groups excluding tert-OH is 1. The van der Waals surface area contributed by atoms with E-state index in [9.17, 15) is 14.7 Å². The first-order valence-electron chi connectivity index (χ1n) is 10.3. The average molecular weight is 396 g/mol. The van der Waals surface area contributed by atoms with Gasteiger partial charge in [0.2, 0.25) is 12.3 Å². The number of likely N-dealkylation sites (tertiary alicyclic amines) is 1. The van der Waals surface area contributed by atoms with E-state index in [-0.39, 0.29) is 23.3 Å². The van der Waals surface area contributed by atoms with Gasteiger partial charge in [0.05, 0.1) is 18.5 Å². The van der Waals surface area contributed by atoms with Crippen LogP contribution in [0.25, 0.3) is 6.08 Å². The van der Waals surface area contributed by atoms with Crippen LogP contribution >= 0.6 is 0 Å². The highest BCUT2D eigenvalue weighted by molar-refractivity contribution is 5.83. The summed E-state index contributed by atoms with van der Waals surface area (Å²) < 4.78 is 0. The highest BCUT2D eigenvalue weighted by Gasteiger charge is 2.56. The second kappa shape index (κ2) is 7.99. The zero-order valence-corrected chi connectivity index (χ0v) is 16.6. The molecular formula is C22H28N4O3. The fourth-order valence-corrected chi connectivity index (χ4v) is 5.06. The van der Waals surface area contributed by atoms with Crippen LogP contribution in [0.3, 0.4) is 0 Å². The highest BCUT2D eigenvalue weighted by Crippen LogP contribution is 2.57. The predicted octanol–water partition coefficient (Wildman–Crippen LogP) is 1.45. The molecule has 0 radical (unpaired) electrons. The van der Waals surface area contributed by atoms with E-state index in [0.717, 1.165) is 30.4 Å². The van der Waals surface area contributed by atoms with Crippen molar-refractivity contribution in [1.82, 2.24) is 15.5 Å². The number of amides is 2. The van der Waals surface area contributed by atoms with Crippen molar-refractivity contribution in [3.63, 3.8) is 0 Å². The summed E-state index contributed by atoms with van der Waals surface area (Å²) in [5, 5.41) is 16.7. The van der Waals surface area contributed by atoms with Crippen molar-refractivity contribution >= 4 is 24.7 Å². The first kappa shape index (κ1) is 19.6. The number of aliphatic hydroxyl groups is 1. The van der Waals surface area contributed by atoms with Crippen molar-refractivity contribution in [2.45, 2.75) is 44.4 Å². The Morgan fingerprint density at radius 1 is 1.38 bits per heavy atom. The molecule has 1 aliphatic carbocycles. The summed E-state index contributed by atoms with van der Waals surface area (Å²) >= 11 is 0. The molecule has 7 nitrogen and oxygen atoms in total. The number of benzene rings is 1. The second-order valence-corrected chi connectivity index (χ2v) is 8.36.